The third-order valence-corrected chi connectivity index (χ3v) is 7.81. The van der Waals surface area contributed by atoms with Gasteiger partial charge in [0.15, 0.2) is 0 Å². The van der Waals surface area contributed by atoms with Crippen molar-refractivity contribution >= 4 is 50.8 Å². The normalized spacial score (nSPS) is 12.0. The van der Waals surface area contributed by atoms with Crippen molar-refractivity contribution in [3.63, 3.8) is 0 Å². The molecule has 0 atom stereocenters. The standard InChI is InChI=1S/C28H20N3OP/c1-33(2,32)27-16-23-20-7-3-4-8-21(20)28-30-24-9-5-6-10-25(24)31(28)26(23)15-22(27)19-13-11-18(17-29)12-14-19/h3-16H,1-2H3. The Morgan fingerprint density at radius 3 is 2.24 bits per heavy atom. The van der Waals surface area contributed by atoms with Crippen LogP contribution in [-0.4, -0.2) is 22.7 Å². The fraction of sp³-hybridized carbons (Fsp3) is 0.0714. The molecule has 2 heterocycles. The Bertz CT molecular complexity index is 1820. The van der Waals surface area contributed by atoms with Crippen LogP contribution in [0.25, 0.3) is 49.5 Å². The van der Waals surface area contributed by atoms with E-state index >= 15 is 0 Å². The van der Waals surface area contributed by atoms with E-state index in [1.165, 1.54) is 0 Å². The lowest BCUT2D eigenvalue weighted by atomic mass is 9.99. The van der Waals surface area contributed by atoms with Gasteiger partial charge in [0.2, 0.25) is 0 Å². The van der Waals surface area contributed by atoms with Gasteiger partial charge in [-0.3, -0.25) is 4.40 Å². The summed E-state index contributed by atoms with van der Waals surface area (Å²) in [5, 5.41) is 13.3. The third-order valence-electron chi connectivity index (χ3n) is 6.28. The van der Waals surface area contributed by atoms with Crippen LogP contribution >= 0.6 is 7.14 Å². The molecule has 0 amide bonds. The molecule has 0 aliphatic heterocycles. The first kappa shape index (κ1) is 19.7. The monoisotopic (exact) mass is 445 g/mol. The first-order valence-electron chi connectivity index (χ1n) is 10.8. The number of hydrogen-bond acceptors (Lipinski definition) is 3. The molecular weight excluding hydrogens is 425 g/mol. The maximum absolute atomic E-state index is 13.5. The van der Waals surface area contributed by atoms with Gasteiger partial charge in [0.25, 0.3) is 0 Å². The van der Waals surface area contributed by atoms with E-state index in [1.807, 2.05) is 67.9 Å². The predicted octanol–water partition coefficient (Wildman–Crippen LogP) is 6.58. The molecular formula is C28H20N3OP. The van der Waals surface area contributed by atoms with Crippen molar-refractivity contribution in [1.29, 1.82) is 5.26 Å². The van der Waals surface area contributed by atoms with Crippen LogP contribution in [-0.2, 0) is 4.57 Å². The molecule has 0 N–H and O–H groups in total. The molecule has 33 heavy (non-hydrogen) atoms. The zero-order valence-electron chi connectivity index (χ0n) is 18.3. The van der Waals surface area contributed by atoms with Gasteiger partial charge < -0.3 is 4.57 Å². The number of imidazole rings is 1. The molecule has 0 fully saturated rings. The van der Waals surface area contributed by atoms with Crippen molar-refractivity contribution in [3.05, 3.63) is 90.5 Å². The first-order valence-corrected chi connectivity index (χ1v) is 13.4. The van der Waals surface area contributed by atoms with E-state index in [4.69, 9.17) is 4.98 Å². The van der Waals surface area contributed by atoms with Gasteiger partial charge in [-0.25, -0.2) is 4.98 Å². The second-order valence-corrected chi connectivity index (χ2v) is 11.9. The second kappa shape index (κ2) is 7.04. The van der Waals surface area contributed by atoms with E-state index < -0.39 is 7.14 Å². The lowest BCUT2D eigenvalue weighted by Gasteiger charge is -2.18. The van der Waals surface area contributed by atoms with Crippen LogP contribution in [0.15, 0.2) is 84.9 Å². The Kier molecular flexibility index (Phi) is 4.21. The van der Waals surface area contributed by atoms with Crippen molar-refractivity contribution < 1.29 is 4.57 Å². The predicted molar refractivity (Wildman–Crippen MR) is 137 cm³/mol. The summed E-state index contributed by atoms with van der Waals surface area (Å²) in [5.74, 6) is 0. The highest BCUT2D eigenvalue weighted by molar-refractivity contribution is 7.70. The van der Waals surface area contributed by atoms with Gasteiger partial charge in [-0.1, -0.05) is 48.5 Å². The molecule has 0 aliphatic rings. The molecule has 0 radical (unpaired) electrons. The highest BCUT2D eigenvalue weighted by atomic mass is 31.2. The smallest absolute Gasteiger partial charge is 0.146 e. The van der Waals surface area contributed by atoms with Crippen molar-refractivity contribution in [2.45, 2.75) is 0 Å². The number of aromatic nitrogens is 2. The minimum atomic E-state index is -2.61. The number of pyridine rings is 1. The topological polar surface area (TPSA) is 58.2 Å². The van der Waals surface area contributed by atoms with Crippen LogP contribution in [0.5, 0.6) is 0 Å². The molecule has 6 aromatic rings. The van der Waals surface area contributed by atoms with Gasteiger partial charge in [-0.15, -0.1) is 0 Å². The SMILES string of the molecule is CP(C)(=O)c1cc2c3ccccc3c3nc4ccccc4n3c2cc1-c1ccc(C#N)cc1. The number of hydrogen-bond donors (Lipinski definition) is 0. The fourth-order valence-corrected chi connectivity index (χ4v) is 5.96. The summed E-state index contributed by atoms with van der Waals surface area (Å²) < 4.78 is 15.7. The maximum atomic E-state index is 13.5. The number of benzene rings is 4. The molecule has 0 bridgehead atoms. The number of fused-ring (bicyclic) bond motifs is 8. The molecule has 158 valence electrons. The van der Waals surface area contributed by atoms with Crippen molar-refractivity contribution in [1.82, 2.24) is 9.38 Å². The number of rotatable bonds is 2. The van der Waals surface area contributed by atoms with E-state index in [0.29, 0.717) is 5.56 Å². The molecule has 4 aromatic carbocycles. The second-order valence-electron chi connectivity index (χ2n) is 8.73. The summed E-state index contributed by atoms with van der Waals surface area (Å²) in [4.78, 5) is 4.96. The summed E-state index contributed by atoms with van der Waals surface area (Å²) in [5.41, 5.74) is 6.39. The lowest BCUT2D eigenvalue weighted by molar-refractivity contribution is 0.588. The number of nitriles is 1. The number of para-hydroxylation sites is 2. The lowest BCUT2D eigenvalue weighted by Crippen LogP contribution is -2.09. The Labute approximate surface area is 191 Å². The number of nitrogens with zero attached hydrogens (tertiary/aromatic N) is 3. The highest BCUT2D eigenvalue weighted by Gasteiger charge is 2.21. The van der Waals surface area contributed by atoms with Gasteiger partial charge in [-0.05, 0) is 66.2 Å². The zero-order valence-corrected chi connectivity index (χ0v) is 19.2. The molecule has 4 nitrogen and oxygen atoms in total. The Hall–Kier alpha value is -3.93. The van der Waals surface area contributed by atoms with Crippen LogP contribution in [0.3, 0.4) is 0 Å². The van der Waals surface area contributed by atoms with Gasteiger partial charge in [0, 0.05) is 16.1 Å². The van der Waals surface area contributed by atoms with E-state index in [0.717, 1.165) is 54.8 Å². The Morgan fingerprint density at radius 1 is 0.818 bits per heavy atom. The van der Waals surface area contributed by atoms with Crippen LogP contribution in [0.4, 0.5) is 0 Å². The molecule has 0 saturated heterocycles. The molecule has 5 heteroatoms. The molecule has 2 aromatic heterocycles. The summed E-state index contributed by atoms with van der Waals surface area (Å²) in [6, 6.07) is 30.3. The van der Waals surface area contributed by atoms with Gasteiger partial charge >= 0.3 is 0 Å². The average molecular weight is 445 g/mol. The summed E-state index contributed by atoms with van der Waals surface area (Å²) in [6.45, 7) is 3.63. The van der Waals surface area contributed by atoms with E-state index in [9.17, 15) is 9.83 Å². The van der Waals surface area contributed by atoms with Gasteiger partial charge in [-0.2, -0.15) is 5.26 Å². The van der Waals surface area contributed by atoms with E-state index in [2.05, 4.69) is 40.8 Å². The Morgan fingerprint density at radius 2 is 1.52 bits per heavy atom. The highest BCUT2D eigenvalue weighted by Crippen LogP contribution is 2.42. The fourth-order valence-electron chi connectivity index (χ4n) is 4.74. The molecule has 0 spiro atoms. The van der Waals surface area contributed by atoms with Crippen LogP contribution in [0.1, 0.15) is 5.56 Å². The molecule has 0 saturated carbocycles. The van der Waals surface area contributed by atoms with Crippen LogP contribution < -0.4 is 5.30 Å². The molecule has 6 rings (SSSR count). The molecule has 0 aliphatic carbocycles. The van der Waals surface area contributed by atoms with E-state index in [1.54, 1.807) is 0 Å². The van der Waals surface area contributed by atoms with E-state index in [-0.39, 0.29) is 0 Å². The van der Waals surface area contributed by atoms with Crippen molar-refractivity contribution in [2.24, 2.45) is 0 Å². The quantitative estimate of drug-likeness (QED) is 0.223. The largest absolute Gasteiger partial charge is 0.319 e. The van der Waals surface area contributed by atoms with Gasteiger partial charge in [0.1, 0.15) is 12.8 Å². The van der Waals surface area contributed by atoms with Crippen LogP contribution in [0, 0.1) is 11.3 Å². The zero-order chi connectivity index (χ0) is 22.7. The average Bonchev–Trinajstić information content (AvgIpc) is 3.23. The maximum Gasteiger partial charge on any atom is 0.146 e. The third kappa shape index (κ3) is 2.98. The van der Waals surface area contributed by atoms with Crippen molar-refractivity contribution in [3.8, 4) is 17.2 Å². The van der Waals surface area contributed by atoms with Gasteiger partial charge in [0.05, 0.1) is 28.2 Å². The van der Waals surface area contributed by atoms with Crippen LogP contribution in [0.2, 0.25) is 0 Å². The summed E-state index contributed by atoms with van der Waals surface area (Å²) >= 11 is 0. The Balaban J connectivity index is 1.85. The molecule has 0 unspecified atom stereocenters. The summed E-state index contributed by atoms with van der Waals surface area (Å²) in [6.07, 6.45) is 0. The van der Waals surface area contributed by atoms with Crippen molar-refractivity contribution in [2.75, 3.05) is 13.3 Å². The minimum absolute atomic E-state index is 0.603. The first-order chi connectivity index (χ1) is 16.0. The minimum Gasteiger partial charge on any atom is -0.319 e. The summed E-state index contributed by atoms with van der Waals surface area (Å²) in [7, 11) is -2.61.